The Balaban J connectivity index is 1.85. The van der Waals surface area contributed by atoms with Crippen LogP contribution in [0.1, 0.15) is 110 Å². The molecule has 0 saturated carbocycles. The summed E-state index contributed by atoms with van der Waals surface area (Å²) in [6.07, 6.45) is 18.1. The molecule has 0 aromatic heterocycles. The minimum Gasteiger partial charge on any atom is -0.376 e. The topological polar surface area (TPSA) is 84.2 Å². The van der Waals surface area contributed by atoms with Crippen molar-refractivity contribution in [2.75, 3.05) is 13.3 Å². The molecule has 0 radical (unpaired) electrons. The van der Waals surface area contributed by atoms with Crippen molar-refractivity contribution in [2.24, 2.45) is 0 Å². The summed E-state index contributed by atoms with van der Waals surface area (Å²) in [5.41, 5.74) is 0. The number of aliphatic hydroxyl groups is 3. The zero-order valence-electron chi connectivity index (χ0n) is 18.0. The molecule has 1 fully saturated rings. The number of unbranched alkanes of at least 4 members (excludes halogenated alkanes) is 15. The number of nitrogens with zero attached hydrogens (tertiary/aromatic N) is 2. The number of rotatable bonds is 18. The van der Waals surface area contributed by atoms with Gasteiger partial charge in [-0.3, -0.25) is 9.80 Å². The molecule has 1 saturated heterocycles. The van der Waals surface area contributed by atoms with Crippen LogP contribution in [0.3, 0.4) is 0 Å². The fourth-order valence-corrected chi connectivity index (χ4v) is 3.92. The second kappa shape index (κ2) is 16.0. The van der Waals surface area contributed by atoms with Crippen LogP contribution in [-0.2, 0) is 0 Å². The van der Waals surface area contributed by atoms with Crippen LogP contribution in [-0.4, -0.2) is 56.9 Å². The highest BCUT2D eigenvalue weighted by Crippen LogP contribution is 2.20. The quantitative estimate of drug-likeness (QED) is 0.294. The molecular weight excluding hydrogens is 356 g/mol. The largest absolute Gasteiger partial charge is 0.376 e. The van der Waals surface area contributed by atoms with E-state index in [1.165, 1.54) is 88.4 Å². The summed E-state index contributed by atoms with van der Waals surface area (Å²) in [5, 5.41) is 28.6. The Kier molecular flexibility index (Phi) is 14.4. The first-order valence-electron chi connectivity index (χ1n) is 11.7. The molecule has 6 nitrogen and oxygen atoms in total. The highest BCUT2D eigenvalue weighted by atomic mass is 16.4. The van der Waals surface area contributed by atoms with Crippen LogP contribution in [0.4, 0.5) is 4.79 Å². The second-order valence-corrected chi connectivity index (χ2v) is 8.22. The molecule has 2 amide bonds. The first-order valence-corrected chi connectivity index (χ1v) is 11.7. The molecule has 0 bridgehead atoms. The van der Waals surface area contributed by atoms with Gasteiger partial charge in [0, 0.05) is 6.54 Å². The SMILES string of the molecule is CCCCCCCCCCCCCCCCCCN1C(=O)N(CO)C(O)C1O. The van der Waals surface area contributed by atoms with Crippen molar-refractivity contribution in [1.29, 1.82) is 0 Å². The summed E-state index contributed by atoms with van der Waals surface area (Å²) in [7, 11) is 0. The zero-order valence-corrected chi connectivity index (χ0v) is 18.0. The van der Waals surface area contributed by atoms with Gasteiger partial charge in [-0.1, -0.05) is 103 Å². The summed E-state index contributed by atoms with van der Waals surface area (Å²) >= 11 is 0. The second-order valence-electron chi connectivity index (χ2n) is 8.22. The van der Waals surface area contributed by atoms with Gasteiger partial charge in [0.1, 0.15) is 6.73 Å². The van der Waals surface area contributed by atoms with E-state index in [2.05, 4.69) is 6.92 Å². The van der Waals surface area contributed by atoms with Crippen LogP contribution in [0.5, 0.6) is 0 Å². The molecule has 28 heavy (non-hydrogen) atoms. The smallest absolute Gasteiger partial charge is 0.326 e. The lowest BCUT2D eigenvalue weighted by Gasteiger charge is -2.19. The van der Waals surface area contributed by atoms with Crippen molar-refractivity contribution in [1.82, 2.24) is 9.80 Å². The van der Waals surface area contributed by atoms with E-state index in [-0.39, 0.29) is 0 Å². The summed E-state index contributed by atoms with van der Waals surface area (Å²) in [5.74, 6) is 0. The Morgan fingerprint density at radius 1 is 0.643 bits per heavy atom. The van der Waals surface area contributed by atoms with E-state index in [4.69, 9.17) is 5.11 Å². The van der Waals surface area contributed by atoms with Gasteiger partial charge in [-0.2, -0.15) is 0 Å². The molecule has 6 heteroatoms. The van der Waals surface area contributed by atoms with Crippen molar-refractivity contribution in [3.8, 4) is 0 Å². The third-order valence-corrected chi connectivity index (χ3v) is 5.80. The average Bonchev–Trinajstić information content (AvgIpc) is 2.90. The first-order chi connectivity index (χ1) is 13.6. The number of hydrogen-bond acceptors (Lipinski definition) is 4. The van der Waals surface area contributed by atoms with Crippen molar-refractivity contribution in [2.45, 2.75) is 122 Å². The van der Waals surface area contributed by atoms with Crippen LogP contribution in [0.25, 0.3) is 0 Å². The molecule has 0 aromatic rings. The minimum absolute atomic E-state index is 0.423. The maximum atomic E-state index is 11.9. The molecule has 1 aliphatic rings. The van der Waals surface area contributed by atoms with Crippen molar-refractivity contribution >= 4 is 6.03 Å². The van der Waals surface area contributed by atoms with Gasteiger partial charge in [-0.15, -0.1) is 0 Å². The molecule has 2 atom stereocenters. The summed E-state index contributed by atoms with van der Waals surface area (Å²) in [6.45, 7) is 2.11. The number of amides is 2. The predicted molar refractivity (Wildman–Crippen MR) is 113 cm³/mol. The average molecular weight is 401 g/mol. The van der Waals surface area contributed by atoms with E-state index in [1.807, 2.05) is 0 Å². The maximum absolute atomic E-state index is 11.9. The van der Waals surface area contributed by atoms with Crippen LogP contribution in [0.2, 0.25) is 0 Å². The molecule has 3 N–H and O–H groups in total. The summed E-state index contributed by atoms with van der Waals surface area (Å²) in [4.78, 5) is 14.0. The third kappa shape index (κ3) is 9.57. The Labute approximate surface area is 171 Å². The molecule has 2 unspecified atom stereocenters. The highest BCUT2D eigenvalue weighted by molar-refractivity contribution is 5.77. The number of aliphatic hydroxyl groups excluding tert-OH is 3. The van der Waals surface area contributed by atoms with Gasteiger partial charge in [0.15, 0.2) is 12.5 Å². The standard InChI is InChI=1S/C22H44N2O4/c1-2-3-4-5-6-7-8-9-10-11-12-13-14-15-16-17-18-23-20(26)21(27)24(19-25)22(23)28/h20-21,25-27H,2-19H2,1H3. The lowest BCUT2D eigenvalue weighted by molar-refractivity contribution is -0.0813. The normalized spacial score (nSPS) is 19.8. The molecule has 1 aliphatic heterocycles. The van der Waals surface area contributed by atoms with E-state index < -0.39 is 25.2 Å². The molecular formula is C22H44N2O4. The molecule has 0 aliphatic carbocycles. The number of hydrogen-bond donors (Lipinski definition) is 3. The van der Waals surface area contributed by atoms with Gasteiger partial charge in [-0.05, 0) is 6.42 Å². The van der Waals surface area contributed by atoms with Gasteiger partial charge < -0.3 is 15.3 Å². The fourth-order valence-electron chi connectivity index (χ4n) is 3.92. The van der Waals surface area contributed by atoms with Gasteiger partial charge in [0.2, 0.25) is 0 Å². The van der Waals surface area contributed by atoms with Gasteiger partial charge in [-0.25, -0.2) is 4.79 Å². The van der Waals surface area contributed by atoms with E-state index in [1.54, 1.807) is 0 Å². The zero-order chi connectivity index (χ0) is 20.6. The highest BCUT2D eigenvalue weighted by Gasteiger charge is 2.43. The maximum Gasteiger partial charge on any atom is 0.326 e. The van der Waals surface area contributed by atoms with E-state index >= 15 is 0 Å². The van der Waals surface area contributed by atoms with Crippen molar-refractivity contribution in [3.63, 3.8) is 0 Å². The van der Waals surface area contributed by atoms with E-state index in [0.717, 1.165) is 24.2 Å². The third-order valence-electron chi connectivity index (χ3n) is 5.80. The van der Waals surface area contributed by atoms with Crippen molar-refractivity contribution < 1.29 is 20.1 Å². The van der Waals surface area contributed by atoms with Crippen molar-refractivity contribution in [3.05, 3.63) is 0 Å². The van der Waals surface area contributed by atoms with Crippen LogP contribution >= 0.6 is 0 Å². The van der Waals surface area contributed by atoms with Gasteiger partial charge >= 0.3 is 6.03 Å². The molecule has 1 rings (SSSR count). The molecule has 1 heterocycles. The number of carbonyl (C=O) groups excluding carboxylic acids is 1. The minimum atomic E-state index is -1.33. The van der Waals surface area contributed by atoms with Crippen LogP contribution in [0.15, 0.2) is 0 Å². The van der Waals surface area contributed by atoms with Crippen LogP contribution in [0, 0.1) is 0 Å². The Morgan fingerprint density at radius 2 is 1.00 bits per heavy atom. The lowest BCUT2D eigenvalue weighted by Crippen LogP contribution is -2.37. The Morgan fingerprint density at radius 3 is 1.36 bits per heavy atom. The molecule has 0 aromatic carbocycles. The number of carbonyl (C=O) groups is 1. The first kappa shape index (κ1) is 25.2. The van der Waals surface area contributed by atoms with E-state index in [0.29, 0.717) is 6.54 Å². The van der Waals surface area contributed by atoms with Gasteiger partial charge in [0.05, 0.1) is 0 Å². The summed E-state index contributed by atoms with van der Waals surface area (Å²) in [6, 6.07) is -0.497. The monoisotopic (exact) mass is 400 g/mol. The lowest BCUT2D eigenvalue weighted by atomic mass is 10.0. The Bertz CT molecular complexity index is 395. The predicted octanol–water partition coefficient (Wildman–Crippen LogP) is 4.57. The molecule has 166 valence electrons. The fraction of sp³-hybridized carbons (Fsp3) is 0.955. The Hall–Kier alpha value is -0.850. The molecule has 0 spiro atoms. The van der Waals surface area contributed by atoms with E-state index in [9.17, 15) is 15.0 Å². The summed E-state index contributed by atoms with van der Waals surface area (Å²) < 4.78 is 0. The van der Waals surface area contributed by atoms with Gasteiger partial charge in [0.25, 0.3) is 0 Å². The number of urea groups is 1. The van der Waals surface area contributed by atoms with Crippen LogP contribution < -0.4 is 0 Å².